The zero-order valence-corrected chi connectivity index (χ0v) is 17.5. The largest absolute Gasteiger partial charge is 0.387 e. The average Bonchev–Trinajstić information content (AvgIpc) is 2.85. The Morgan fingerprint density at radius 1 is 1.58 bits per heavy atom. The predicted octanol–water partition coefficient (Wildman–Crippen LogP) is 2.83. The molecule has 5 nitrogen and oxygen atoms in total. The van der Waals surface area contributed by atoms with Crippen molar-refractivity contribution in [1.82, 2.24) is 14.8 Å². The van der Waals surface area contributed by atoms with Crippen molar-refractivity contribution in [2.75, 3.05) is 25.9 Å². The molecule has 0 aromatic carbocycles. The van der Waals surface area contributed by atoms with Crippen LogP contribution in [-0.4, -0.2) is 57.3 Å². The molecule has 1 fully saturated rings. The van der Waals surface area contributed by atoms with Crippen molar-refractivity contribution >= 4 is 33.7 Å². The van der Waals surface area contributed by atoms with Crippen LogP contribution in [-0.2, 0) is 13.6 Å². The summed E-state index contributed by atoms with van der Waals surface area (Å²) in [5, 5.41) is 14.4. The predicted molar refractivity (Wildman–Crippen MR) is 107 cm³/mol. The smallest absolute Gasteiger partial charge is 0.194 e. The molecular weight excluding hydrogens is 388 g/mol. The second-order valence-electron chi connectivity index (χ2n) is 6.37. The van der Waals surface area contributed by atoms with Gasteiger partial charge in [-0.2, -0.15) is 11.8 Å². The van der Waals surface area contributed by atoms with E-state index in [0.717, 1.165) is 42.1 Å². The third kappa shape index (κ3) is 4.70. The fourth-order valence-electron chi connectivity index (χ4n) is 2.94. The van der Waals surface area contributed by atoms with Gasteiger partial charge in [0.15, 0.2) is 5.96 Å². The standard InChI is InChI=1S/C17H29BrN4OS/c1-5-19-16(20-12-17(23)8-7-15(17)24-6-2)22(4)11-14-9-13(18)10-21(14)3/h9-10,15,23H,5-8,11-12H2,1-4H3,(H,19,20). The van der Waals surface area contributed by atoms with Crippen molar-refractivity contribution in [3.8, 4) is 0 Å². The second-order valence-corrected chi connectivity index (χ2v) is 8.77. The summed E-state index contributed by atoms with van der Waals surface area (Å²) in [5.41, 5.74) is 0.563. The van der Waals surface area contributed by atoms with Crippen molar-refractivity contribution in [2.24, 2.45) is 12.0 Å². The summed E-state index contributed by atoms with van der Waals surface area (Å²) in [4.78, 5) is 6.83. The van der Waals surface area contributed by atoms with Crippen LogP contribution in [0.1, 0.15) is 32.4 Å². The molecule has 1 aliphatic rings. The molecule has 1 aliphatic carbocycles. The lowest BCUT2D eigenvalue weighted by atomic mass is 9.79. The Bertz CT molecular complexity index is 577. The van der Waals surface area contributed by atoms with Gasteiger partial charge in [-0.3, -0.25) is 4.99 Å². The molecule has 136 valence electrons. The zero-order chi connectivity index (χ0) is 17.7. The van der Waals surface area contributed by atoms with Crippen LogP contribution in [0.5, 0.6) is 0 Å². The minimum atomic E-state index is -0.643. The molecule has 0 bridgehead atoms. The van der Waals surface area contributed by atoms with Gasteiger partial charge in [0, 0.05) is 42.3 Å². The highest BCUT2D eigenvalue weighted by atomic mass is 79.9. The molecule has 0 amide bonds. The summed E-state index contributed by atoms with van der Waals surface area (Å²) in [5.74, 6) is 1.88. The van der Waals surface area contributed by atoms with Crippen LogP contribution in [0.2, 0.25) is 0 Å². The Balaban J connectivity index is 2.03. The van der Waals surface area contributed by atoms with Crippen LogP contribution >= 0.6 is 27.7 Å². The molecule has 0 radical (unpaired) electrons. The quantitative estimate of drug-likeness (QED) is 0.529. The SMILES string of the molecule is CCNC(=NCC1(O)CCC1SCC)N(C)Cc1cc(Br)cn1C. The van der Waals surface area contributed by atoms with E-state index in [-0.39, 0.29) is 0 Å². The minimum absolute atomic E-state index is 0.322. The summed E-state index contributed by atoms with van der Waals surface area (Å²) < 4.78 is 3.19. The van der Waals surface area contributed by atoms with E-state index in [9.17, 15) is 5.11 Å². The molecule has 1 aromatic heterocycles. The highest BCUT2D eigenvalue weighted by Crippen LogP contribution is 2.41. The first-order chi connectivity index (χ1) is 11.4. The van der Waals surface area contributed by atoms with Crippen LogP contribution in [0.4, 0.5) is 0 Å². The van der Waals surface area contributed by atoms with Crippen LogP contribution in [0.25, 0.3) is 0 Å². The second kappa shape index (κ2) is 8.63. The number of nitrogens with zero attached hydrogens (tertiary/aromatic N) is 3. The summed E-state index contributed by atoms with van der Waals surface area (Å²) in [7, 11) is 4.08. The van der Waals surface area contributed by atoms with E-state index in [2.05, 4.69) is 56.8 Å². The van der Waals surface area contributed by atoms with E-state index in [1.54, 1.807) is 0 Å². The number of halogens is 1. The minimum Gasteiger partial charge on any atom is -0.387 e. The summed E-state index contributed by atoms with van der Waals surface area (Å²) in [6.07, 6.45) is 3.99. The highest BCUT2D eigenvalue weighted by molar-refractivity contribution is 9.10. The van der Waals surface area contributed by atoms with Gasteiger partial charge in [0.1, 0.15) is 0 Å². The third-order valence-corrected chi connectivity index (χ3v) is 6.32. The van der Waals surface area contributed by atoms with Crippen molar-refractivity contribution in [3.05, 3.63) is 22.4 Å². The lowest BCUT2D eigenvalue weighted by Gasteiger charge is -2.44. The molecule has 1 heterocycles. The Kier molecular flexibility index (Phi) is 7.07. The van der Waals surface area contributed by atoms with Gasteiger partial charge in [-0.05, 0) is 47.5 Å². The number of aliphatic imine (C=N–C) groups is 1. The molecule has 2 unspecified atom stereocenters. The molecule has 2 N–H and O–H groups in total. The van der Waals surface area contributed by atoms with Gasteiger partial charge < -0.3 is 19.9 Å². The Hall–Kier alpha value is -0.660. The summed E-state index contributed by atoms with van der Waals surface area (Å²) >= 11 is 5.36. The van der Waals surface area contributed by atoms with Crippen molar-refractivity contribution in [3.63, 3.8) is 0 Å². The zero-order valence-electron chi connectivity index (χ0n) is 15.0. The molecule has 0 aliphatic heterocycles. The van der Waals surface area contributed by atoms with Crippen LogP contribution in [0.3, 0.4) is 0 Å². The molecule has 24 heavy (non-hydrogen) atoms. The van der Waals surface area contributed by atoms with E-state index in [1.165, 1.54) is 5.69 Å². The fourth-order valence-corrected chi connectivity index (χ4v) is 4.70. The van der Waals surface area contributed by atoms with E-state index in [0.29, 0.717) is 11.8 Å². The third-order valence-electron chi connectivity index (χ3n) is 4.48. The first-order valence-corrected chi connectivity index (χ1v) is 10.4. The Morgan fingerprint density at radius 2 is 2.33 bits per heavy atom. The number of guanidine groups is 1. The number of thioether (sulfide) groups is 1. The molecule has 0 saturated heterocycles. The Morgan fingerprint density at radius 3 is 2.83 bits per heavy atom. The molecular formula is C17H29BrN4OS. The maximum Gasteiger partial charge on any atom is 0.194 e. The first-order valence-electron chi connectivity index (χ1n) is 8.53. The molecule has 1 aromatic rings. The number of hydrogen-bond acceptors (Lipinski definition) is 3. The van der Waals surface area contributed by atoms with E-state index in [4.69, 9.17) is 4.99 Å². The van der Waals surface area contributed by atoms with Crippen molar-refractivity contribution < 1.29 is 5.11 Å². The van der Waals surface area contributed by atoms with Crippen LogP contribution < -0.4 is 5.32 Å². The van der Waals surface area contributed by atoms with E-state index in [1.807, 2.05) is 25.9 Å². The number of nitrogens with one attached hydrogen (secondary N) is 1. The molecule has 2 rings (SSSR count). The number of aryl methyl sites for hydroxylation is 1. The summed E-state index contributed by atoms with van der Waals surface area (Å²) in [6, 6.07) is 2.12. The number of hydrogen-bond donors (Lipinski definition) is 2. The molecule has 2 atom stereocenters. The highest BCUT2D eigenvalue weighted by Gasteiger charge is 2.45. The van der Waals surface area contributed by atoms with Gasteiger partial charge in [0.2, 0.25) is 0 Å². The average molecular weight is 417 g/mol. The summed E-state index contributed by atoms with van der Waals surface area (Å²) in [6.45, 7) is 6.25. The molecule has 1 saturated carbocycles. The van der Waals surface area contributed by atoms with Crippen molar-refractivity contribution in [1.29, 1.82) is 0 Å². The van der Waals surface area contributed by atoms with Gasteiger partial charge in [-0.1, -0.05) is 6.92 Å². The van der Waals surface area contributed by atoms with Gasteiger partial charge in [0.25, 0.3) is 0 Å². The maximum absolute atomic E-state index is 10.8. The Labute approximate surface area is 158 Å². The van der Waals surface area contributed by atoms with Gasteiger partial charge >= 0.3 is 0 Å². The van der Waals surface area contributed by atoms with E-state index >= 15 is 0 Å². The van der Waals surface area contributed by atoms with E-state index < -0.39 is 5.60 Å². The van der Waals surface area contributed by atoms with Crippen LogP contribution in [0.15, 0.2) is 21.7 Å². The van der Waals surface area contributed by atoms with Crippen molar-refractivity contribution in [2.45, 2.75) is 44.1 Å². The number of aromatic nitrogens is 1. The van der Waals surface area contributed by atoms with Gasteiger partial charge in [-0.15, -0.1) is 0 Å². The fraction of sp³-hybridized carbons (Fsp3) is 0.706. The monoisotopic (exact) mass is 416 g/mol. The van der Waals surface area contributed by atoms with Gasteiger partial charge in [0.05, 0.1) is 18.7 Å². The lowest BCUT2D eigenvalue weighted by molar-refractivity contribution is -0.0156. The number of rotatable bonds is 7. The lowest BCUT2D eigenvalue weighted by Crippen LogP contribution is -2.53. The molecule has 7 heteroatoms. The maximum atomic E-state index is 10.8. The normalized spacial score (nSPS) is 23.9. The molecule has 0 spiro atoms. The first kappa shape index (κ1) is 19.7. The topological polar surface area (TPSA) is 52.8 Å². The number of aliphatic hydroxyl groups is 1. The van der Waals surface area contributed by atoms with Gasteiger partial charge in [-0.25, -0.2) is 0 Å². The van der Waals surface area contributed by atoms with Crippen LogP contribution in [0, 0.1) is 0 Å².